The van der Waals surface area contributed by atoms with Gasteiger partial charge < -0.3 is 0 Å². The van der Waals surface area contributed by atoms with Gasteiger partial charge in [0.1, 0.15) is 0 Å². The van der Waals surface area contributed by atoms with Gasteiger partial charge in [-0.3, -0.25) is 0 Å². The first-order valence-electron chi connectivity index (χ1n) is 10.3. The first-order chi connectivity index (χ1) is 16.6. The summed E-state index contributed by atoms with van der Waals surface area (Å²) in [6, 6.07) is 3.58. The molecule has 2 aliphatic heterocycles. The molecule has 0 amide bonds. The van der Waals surface area contributed by atoms with Gasteiger partial charge in [-0.05, 0) is 0 Å². The van der Waals surface area contributed by atoms with E-state index < -0.39 is 70.9 Å². The van der Waals surface area contributed by atoms with Gasteiger partial charge >= 0.3 is 200 Å². The van der Waals surface area contributed by atoms with E-state index in [4.69, 9.17) is 9.05 Å². The van der Waals surface area contributed by atoms with Gasteiger partial charge in [0, 0.05) is 0 Å². The number of hydrogen-bond acceptors (Lipinski definition) is 3. The topological polar surface area (TPSA) is 30.5 Å². The number of hydrogen-bond donors (Lipinski definition) is 1. The fourth-order valence-electron chi connectivity index (χ4n) is 5.02. The number of fused-ring (bicyclic) bond motifs is 4. The van der Waals surface area contributed by atoms with Crippen LogP contribution in [-0.4, -0.2) is 30.7 Å². The van der Waals surface area contributed by atoms with Crippen molar-refractivity contribution in [3.63, 3.8) is 0 Å². The molecule has 0 aromatic heterocycles. The standard InChI is InChI=1S/C21H16F12NO2P/c1-11(2)34-37(14-9-5-3-7-12(14)16(35-37,18(22,23)24)19(25,26)27)15-10-6-4-8-13(15)17(36-37,20(28,29)30)21(31,32)33/h3-11,34H,1-2H3. The summed E-state index contributed by atoms with van der Waals surface area (Å²) in [5.41, 5.74) is -14.1. The summed E-state index contributed by atoms with van der Waals surface area (Å²) < 4.78 is 183. The maximum absolute atomic E-state index is 14.4. The van der Waals surface area contributed by atoms with Crippen molar-refractivity contribution in [3.8, 4) is 0 Å². The first-order valence-corrected chi connectivity index (χ1v) is 12.4. The quantitative estimate of drug-likeness (QED) is 0.323. The molecule has 3 nitrogen and oxygen atoms in total. The second kappa shape index (κ2) is 7.51. The molecule has 0 bridgehead atoms. The number of benzene rings is 2. The summed E-state index contributed by atoms with van der Waals surface area (Å²) in [6.07, 6.45) is -25.5. The zero-order chi connectivity index (χ0) is 28.1. The van der Waals surface area contributed by atoms with E-state index >= 15 is 0 Å². The molecular formula is C21H16F12NO2P. The van der Waals surface area contributed by atoms with E-state index in [1.807, 2.05) is 0 Å². The Morgan fingerprint density at radius 1 is 0.595 bits per heavy atom. The summed E-state index contributed by atoms with van der Waals surface area (Å²) in [5, 5.41) is -0.346. The van der Waals surface area contributed by atoms with Crippen molar-refractivity contribution in [2.75, 3.05) is 0 Å². The fourth-order valence-corrected chi connectivity index (χ4v) is 10.7. The Bertz CT molecular complexity index is 1110. The molecule has 0 aliphatic carbocycles. The number of halogens is 12. The van der Waals surface area contributed by atoms with E-state index in [1.165, 1.54) is 0 Å². The van der Waals surface area contributed by atoms with E-state index in [9.17, 15) is 52.7 Å². The summed E-state index contributed by atoms with van der Waals surface area (Å²) >= 11 is 0. The van der Waals surface area contributed by atoms with Crippen molar-refractivity contribution in [1.82, 2.24) is 5.09 Å². The Balaban J connectivity index is 2.30. The molecular weight excluding hydrogens is 557 g/mol. The molecule has 206 valence electrons. The van der Waals surface area contributed by atoms with Crippen LogP contribution in [0.1, 0.15) is 25.0 Å². The monoisotopic (exact) mass is 573 g/mol. The van der Waals surface area contributed by atoms with Crippen LogP contribution in [0, 0.1) is 0 Å². The second-order valence-corrected chi connectivity index (χ2v) is 12.3. The Morgan fingerprint density at radius 3 is 1.16 bits per heavy atom. The summed E-state index contributed by atoms with van der Waals surface area (Å²) in [5.74, 6) is 0. The molecule has 0 saturated carbocycles. The summed E-state index contributed by atoms with van der Waals surface area (Å²) in [4.78, 5) is 0. The van der Waals surface area contributed by atoms with Crippen LogP contribution in [0.2, 0.25) is 0 Å². The van der Waals surface area contributed by atoms with E-state index in [1.54, 1.807) is 0 Å². The van der Waals surface area contributed by atoms with Gasteiger partial charge in [0.2, 0.25) is 0 Å². The normalized spacial score (nSPS) is 22.9. The van der Waals surface area contributed by atoms with Crippen molar-refractivity contribution >= 4 is 17.8 Å². The predicted molar refractivity (Wildman–Crippen MR) is 107 cm³/mol. The number of rotatable bonds is 2. The van der Waals surface area contributed by atoms with Gasteiger partial charge in [0.25, 0.3) is 0 Å². The molecule has 16 heteroatoms. The molecule has 0 radical (unpaired) electrons. The number of nitrogens with one attached hydrogen (secondary N) is 1. The van der Waals surface area contributed by atoms with Gasteiger partial charge in [-0.15, -0.1) is 0 Å². The van der Waals surface area contributed by atoms with Gasteiger partial charge in [0.15, 0.2) is 0 Å². The third-order valence-corrected chi connectivity index (χ3v) is 10.9. The van der Waals surface area contributed by atoms with Gasteiger partial charge in [0.05, 0.1) is 0 Å². The van der Waals surface area contributed by atoms with E-state index in [0.29, 0.717) is 24.3 Å². The molecule has 2 aromatic rings. The van der Waals surface area contributed by atoms with Gasteiger partial charge in [-0.1, -0.05) is 0 Å². The van der Waals surface area contributed by atoms with Crippen molar-refractivity contribution in [1.29, 1.82) is 0 Å². The van der Waals surface area contributed by atoms with Crippen LogP contribution in [0.4, 0.5) is 52.7 Å². The zero-order valence-electron chi connectivity index (χ0n) is 18.5. The first kappa shape index (κ1) is 27.9. The van der Waals surface area contributed by atoms with E-state index in [2.05, 4.69) is 5.09 Å². The second-order valence-electron chi connectivity index (χ2n) is 8.81. The molecule has 0 unspecified atom stereocenters. The van der Waals surface area contributed by atoms with Gasteiger partial charge in [-0.2, -0.15) is 0 Å². The molecule has 1 spiro atoms. The van der Waals surface area contributed by atoms with Crippen LogP contribution in [0.15, 0.2) is 48.5 Å². The van der Waals surface area contributed by atoms with Crippen LogP contribution >= 0.6 is 7.21 Å². The van der Waals surface area contributed by atoms with E-state index in [0.717, 1.165) is 38.1 Å². The Morgan fingerprint density at radius 2 is 0.892 bits per heavy atom. The van der Waals surface area contributed by atoms with Crippen molar-refractivity contribution < 1.29 is 61.7 Å². The molecule has 0 atom stereocenters. The van der Waals surface area contributed by atoms with Crippen molar-refractivity contribution in [2.45, 2.75) is 55.8 Å². The average molecular weight is 573 g/mol. The zero-order valence-corrected chi connectivity index (χ0v) is 19.4. The van der Waals surface area contributed by atoms with E-state index in [-0.39, 0.29) is 0 Å². The summed E-state index contributed by atoms with van der Waals surface area (Å²) in [7, 11) is -6.80. The third kappa shape index (κ3) is 3.20. The van der Waals surface area contributed by atoms with Crippen LogP contribution in [0.25, 0.3) is 0 Å². The maximum atomic E-state index is 14.4. The molecule has 2 heterocycles. The number of alkyl halides is 12. The molecule has 0 fully saturated rings. The van der Waals surface area contributed by atoms with Crippen LogP contribution < -0.4 is 15.7 Å². The minimum absolute atomic E-state index is 0.298. The molecule has 0 saturated heterocycles. The van der Waals surface area contributed by atoms with Crippen molar-refractivity contribution in [3.05, 3.63) is 59.7 Å². The van der Waals surface area contributed by atoms with Crippen LogP contribution in [0.3, 0.4) is 0 Å². The molecule has 1 N–H and O–H groups in total. The Labute approximate surface area is 200 Å². The SMILES string of the molecule is CC(C)NP12(OC(C(F)(F)F)(C(F)(F)F)c3ccccc31)OC(C(F)(F)F)(C(F)(F)F)c1ccccc12. The fraction of sp³-hybridized carbons (Fsp3) is 0.429. The van der Waals surface area contributed by atoms with Gasteiger partial charge in [-0.25, -0.2) is 0 Å². The summed E-state index contributed by atoms with van der Waals surface area (Å²) in [6.45, 7) is 2.20. The molecule has 2 aliphatic rings. The third-order valence-electron chi connectivity index (χ3n) is 6.15. The van der Waals surface area contributed by atoms with Crippen molar-refractivity contribution in [2.24, 2.45) is 0 Å². The molecule has 4 rings (SSSR count). The minimum atomic E-state index is -6.80. The Kier molecular flexibility index (Phi) is 5.67. The van der Waals surface area contributed by atoms with Crippen LogP contribution in [0.5, 0.6) is 0 Å². The average Bonchev–Trinajstić information content (AvgIpc) is 3.15. The molecule has 37 heavy (non-hydrogen) atoms. The molecule has 2 aromatic carbocycles. The predicted octanol–water partition coefficient (Wildman–Crippen LogP) is 6.63. The van der Waals surface area contributed by atoms with Crippen LogP contribution in [-0.2, 0) is 20.2 Å². The Hall–Kier alpha value is -2.09.